The van der Waals surface area contributed by atoms with Crippen LogP contribution in [0.3, 0.4) is 0 Å². The minimum atomic E-state index is -0.499. The first kappa shape index (κ1) is 12.2. The third kappa shape index (κ3) is 4.59. The van der Waals surface area contributed by atoms with Gasteiger partial charge in [0.15, 0.2) is 6.61 Å². The van der Waals surface area contributed by atoms with E-state index in [9.17, 15) is 9.59 Å². The average molecular weight is 221 g/mol. The van der Waals surface area contributed by atoms with Gasteiger partial charge in [-0.25, -0.2) is 0 Å². The van der Waals surface area contributed by atoms with Crippen LogP contribution in [-0.4, -0.2) is 18.3 Å². The molecule has 0 aliphatic rings. The molecule has 0 bridgehead atoms. The fourth-order valence-electron chi connectivity index (χ4n) is 1.23. The van der Waals surface area contributed by atoms with Gasteiger partial charge in [0.05, 0.1) is 0 Å². The maximum Gasteiger partial charge on any atom is 0.255 e. The number of carbonyl (C=O) groups excluding carboxylic acids is 2. The van der Waals surface area contributed by atoms with Crippen LogP contribution in [0.5, 0.6) is 5.75 Å². The van der Waals surface area contributed by atoms with E-state index in [-0.39, 0.29) is 12.4 Å². The Hall–Kier alpha value is -1.84. The van der Waals surface area contributed by atoms with Crippen molar-refractivity contribution in [3.05, 3.63) is 29.8 Å². The van der Waals surface area contributed by atoms with Crippen LogP contribution in [0.2, 0.25) is 0 Å². The van der Waals surface area contributed by atoms with Crippen molar-refractivity contribution < 1.29 is 14.3 Å². The van der Waals surface area contributed by atoms with E-state index < -0.39 is 5.91 Å². The van der Waals surface area contributed by atoms with Crippen molar-refractivity contribution in [2.75, 3.05) is 6.61 Å². The minimum absolute atomic E-state index is 0.118. The number of primary amides is 1. The summed E-state index contributed by atoms with van der Waals surface area (Å²) in [5.41, 5.74) is 6.02. The largest absolute Gasteiger partial charge is 0.484 e. The number of benzene rings is 1. The molecular weight excluding hydrogens is 206 g/mol. The topological polar surface area (TPSA) is 69.4 Å². The zero-order chi connectivity index (χ0) is 12.0. The van der Waals surface area contributed by atoms with Crippen LogP contribution in [-0.2, 0) is 16.0 Å². The van der Waals surface area contributed by atoms with Gasteiger partial charge in [-0.1, -0.05) is 12.1 Å². The number of amides is 1. The van der Waals surface area contributed by atoms with E-state index in [4.69, 9.17) is 10.5 Å². The van der Waals surface area contributed by atoms with Crippen molar-refractivity contribution in [3.63, 3.8) is 0 Å². The number of ketones is 1. The summed E-state index contributed by atoms with van der Waals surface area (Å²) in [5.74, 6) is 0.278. The molecule has 1 amide bonds. The molecule has 0 saturated carbocycles. The molecule has 86 valence electrons. The normalized spacial score (nSPS) is 9.81. The number of rotatable bonds is 6. The molecule has 0 aliphatic carbocycles. The second-order valence-corrected chi connectivity index (χ2v) is 3.60. The van der Waals surface area contributed by atoms with Crippen molar-refractivity contribution in [2.24, 2.45) is 5.73 Å². The Bertz CT molecular complexity index is 333. The van der Waals surface area contributed by atoms with Crippen LogP contribution in [0.25, 0.3) is 0 Å². The summed E-state index contributed by atoms with van der Waals surface area (Å²) in [6.45, 7) is 1.46. The highest BCUT2D eigenvalue weighted by Crippen LogP contribution is 2.13. The number of aryl methyl sites for hydroxylation is 1. The van der Waals surface area contributed by atoms with Gasteiger partial charge in [-0.2, -0.15) is 0 Å². The molecular formula is C12H15NO3. The lowest BCUT2D eigenvalue weighted by Gasteiger charge is -2.04. The molecule has 0 radical (unpaired) electrons. The summed E-state index contributed by atoms with van der Waals surface area (Å²) in [6.07, 6.45) is 1.27. The van der Waals surface area contributed by atoms with Crippen LogP contribution in [0.4, 0.5) is 0 Å². The predicted octanol–water partition coefficient (Wildman–Crippen LogP) is 1.07. The third-order valence-electron chi connectivity index (χ3n) is 2.07. The fraction of sp³-hybridized carbons (Fsp3) is 0.333. The fourth-order valence-corrected chi connectivity index (χ4v) is 1.23. The van der Waals surface area contributed by atoms with Gasteiger partial charge < -0.3 is 15.3 Å². The molecule has 0 heterocycles. The van der Waals surface area contributed by atoms with Gasteiger partial charge >= 0.3 is 0 Å². The Morgan fingerprint density at radius 3 is 2.38 bits per heavy atom. The quantitative estimate of drug-likeness (QED) is 0.781. The summed E-state index contributed by atoms with van der Waals surface area (Å²) in [5, 5.41) is 0. The van der Waals surface area contributed by atoms with Crippen molar-refractivity contribution >= 4 is 11.7 Å². The van der Waals surface area contributed by atoms with Crippen molar-refractivity contribution in [1.29, 1.82) is 0 Å². The molecule has 0 saturated heterocycles. The molecule has 4 heteroatoms. The summed E-state index contributed by atoms with van der Waals surface area (Å²) in [6, 6.07) is 7.27. The first-order valence-electron chi connectivity index (χ1n) is 5.07. The molecule has 4 nitrogen and oxygen atoms in total. The number of hydrogen-bond acceptors (Lipinski definition) is 3. The first-order chi connectivity index (χ1) is 7.58. The average Bonchev–Trinajstić information content (AvgIpc) is 2.25. The Balaban J connectivity index is 2.47. The number of ether oxygens (including phenoxy) is 1. The zero-order valence-electron chi connectivity index (χ0n) is 9.23. The Kier molecular flexibility index (Phi) is 4.51. The first-order valence-corrected chi connectivity index (χ1v) is 5.07. The summed E-state index contributed by atoms with van der Waals surface area (Å²) in [4.78, 5) is 21.3. The van der Waals surface area contributed by atoms with Gasteiger partial charge in [0.2, 0.25) is 0 Å². The Morgan fingerprint density at radius 1 is 1.25 bits per heavy atom. The van der Waals surface area contributed by atoms with Crippen LogP contribution in [0, 0.1) is 0 Å². The summed E-state index contributed by atoms with van der Waals surface area (Å²) in [7, 11) is 0. The number of Topliss-reactive ketones (excluding diaryl/α,β-unsaturated/α-hetero) is 1. The predicted molar refractivity (Wildman–Crippen MR) is 60.1 cm³/mol. The van der Waals surface area contributed by atoms with Gasteiger partial charge in [0.25, 0.3) is 5.91 Å². The van der Waals surface area contributed by atoms with E-state index in [2.05, 4.69) is 0 Å². The molecule has 0 spiro atoms. The maximum atomic E-state index is 10.8. The summed E-state index contributed by atoms with van der Waals surface area (Å²) < 4.78 is 5.11. The second kappa shape index (κ2) is 5.90. The lowest BCUT2D eigenvalue weighted by atomic mass is 10.1. The standard InChI is InChI=1S/C12H15NO3/c1-9(14)2-3-10-4-6-11(7-5-10)16-8-12(13)15/h4-7H,2-3,8H2,1H3,(H2,13,15). The van der Waals surface area contributed by atoms with E-state index in [0.717, 1.165) is 12.0 Å². The molecule has 0 unspecified atom stereocenters. The lowest BCUT2D eigenvalue weighted by molar-refractivity contribution is -0.120. The summed E-state index contributed by atoms with van der Waals surface area (Å²) >= 11 is 0. The van der Waals surface area contributed by atoms with Gasteiger partial charge in [0, 0.05) is 6.42 Å². The molecule has 1 aromatic carbocycles. The van der Waals surface area contributed by atoms with Gasteiger partial charge in [-0.05, 0) is 31.0 Å². The number of carbonyl (C=O) groups is 2. The van der Waals surface area contributed by atoms with E-state index >= 15 is 0 Å². The highest BCUT2D eigenvalue weighted by molar-refractivity contribution is 5.76. The Morgan fingerprint density at radius 2 is 1.88 bits per heavy atom. The lowest BCUT2D eigenvalue weighted by Crippen LogP contribution is -2.19. The second-order valence-electron chi connectivity index (χ2n) is 3.60. The third-order valence-corrected chi connectivity index (χ3v) is 2.07. The molecule has 1 aromatic rings. The Labute approximate surface area is 94.4 Å². The minimum Gasteiger partial charge on any atom is -0.484 e. The van der Waals surface area contributed by atoms with E-state index in [1.54, 1.807) is 19.1 Å². The van der Waals surface area contributed by atoms with E-state index in [1.165, 1.54) is 0 Å². The molecule has 0 aromatic heterocycles. The van der Waals surface area contributed by atoms with Crippen LogP contribution < -0.4 is 10.5 Å². The van der Waals surface area contributed by atoms with Gasteiger partial charge in [-0.15, -0.1) is 0 Å². The van der Waals surface area contributed by atoms with E-state index in [0.29, 0.717) is 12.2 Å². The zero-order valence-corrected chi connectivity index (χ0v) is 9.23. The van der Waals surface area contributed by atoms with Crippen LogP contribution >= 0.6 is 0 Å². The van der Waals surface area contributed by atoms with E-state index in [1.807, 2.05) is 12.1 Å². The molecule has 0 aliphatic heterocycles. The highest BCUT2D eigenvalue weighted by Gasteiger charge is 1.99. The molecule has 2 N–H and O–H groups in total. The van der Waals surface area contributed by atoms with Crippen LogP contribution in [0.15, 0.2) is 24.3 Å². The molecule has 1 rings (SSSR count). The number of hydrogen-bond donors (Lipinski definition) is 1. The van der Waals surface area contributed by atoms with Crippen molar-refractivity contribution in [3.8, 4) is 5.75 Å². The highest BCUT2D eigenvalue weighted by atomic mass is 16.5. The van der Waals surface area contributed by atoms with Crippen molar-refractivity contribution in [1.82, 2.24) is 0 Å². The van der Waals surface area contributed by atoms with Crippen molar-refractivity contribution in [2.45, 2.75) is 19.8 Å². The molecule has 0 fully saturated rings. The molecule has 16 heavy (non-hydrogen) atoms. The molecule has 0 atom stereocenters. The smallest absolute Gasteiger partial charge is 0.255 e. The maximum absolute atomic E-state index is 10.8. The van der Waals surface area contributed by atoms with Crippen LogP contribution in [0.1, 0.15) is 18.9 Å². The number of nitrogens with two attached hydrogens (primary N) is 1. The van der Waals surface area contributed by atoms with Gasteiger partial charge in [-0.3, -0.25) is 4.79 Å². The monoisotopic (exact) mass is 221 g/mol. The SMILES string of the molecule is CC(=O)CCc1ccc(OCC(N)=O)cc1. The van der Waals surface area contributed by atoms with Gasteiger partial charge in [0.1, 0.15) is 11.5 Å².